The molecule has 0 unspecified atom stereocenters. The van der Waals surface area contributed by atoms with Gasteiger partial charge in [0.05, 0.1) is 26.4 Å². The van der Waals surface area contributed by atoms with Crippen molar-refractivity contribution < 1.29 is 18.9 Å². The van der Waals surface area contributed by atoms with E-state index in [-0.39, 0.29) is 12.4 Å². The van der Waals surface area contributed by atoms with E-state index in [0.717, 1.165) is 30.8 Å². The SMILES string of the molecule is C/C=C/C=C/CO[C@@H]1CO[C@@H](c2ccc(-c3ccc(OCCCC)cc3)cc2)CO1. The van der Waals surface area contributed by atoms with Crippen LogP contribution in [-0.2, 0) is 14.2 Å². The van der Waals surface area contributed by atoms with E-state index in [1.165, 1.54) is 11.1 Å². The summed E-state index contributed by atoms with van der Waals surface area (Å²) < 4.78 is 23.2. The van der Waals surface area contributed by atoms with E-state index in [0.29, 0.717) is 19.8 Å². The van der Waals surface area contributed by atoms with E-state index >= 15 is 0 Å². The first-order valence-electron chi connectivity index (χ1n) is 10.8. The predicted molar refractivity (Wildman–Crippen MR) is 121 cm³/mol. The van der Waals surface area contributed by atoms with Gasteiger partial charge >= 0.3 is 0 Å². The van der Waals surface area contributed by atoms with Crippen molar-refractivity contribution in [3.05, 3.63) is 78.4 Å². The van der Waals surface area contributed by atoms with Gasteiger partial charge in [-0.15, -0.1) is 0 Å². The zero-order valence-electron chi connectivity index (χ0n) is 18.0. The second-order valence-corrected chi connectivity index (χ2v) is 7.22. The molecule has 0 aromatic heterocycles. The molecular formula is C26H32O4. The van der Waals surface area contributed by atoms with Gasteiger partial charge in [0, 0.05) is 0 Å². The molecule has 0 saturated carbocycles. The van der Waals surface area contributed by atoms with Crippen LogP contribution in [0.1, 0.15) is 38.4 Å². The van der Waals surface area contributed by atoms with E-state index in [1.807, 2.05) is 43.4 Å². The Balaban J connectivity index is 1.48. The summed E-state index contributed by atoms with van der Waals surface area (Å²) in [6.07, 6.45) is 9.71. The molecule has 4 heteroatoms. The average Bonchev–Trinajstić information content (AvgIpc) is 2.80. The van der Waals surface area contributed by atoms with Gasteiger partial charge in [-0.2, -0.15) is 0 Å². The highest BCUT2D eigenvalue weighted by Gasteiger charge is 2.23. The maximum atomic E-state index is 5.96. The maximum absolute atomic E-state index is 5.96. The Hall–Kier alpha value is -2.40. The van der Waals surface area contributed by atoms with Gasteiger partial charge < -0.3 is 18.9 Å². The summed E-state index contributed by atoms with van der Waals surface area (Å²) in [7, 11) is 0. The van der Waals surface area contributed by atoms with Crippen molar-refractivity contribution in [2.75, 3.05) is 26.4 Å². The van der Waals surface area contributed by atoms with Crippen LogP contribution in [0.15, 0.2) is 72.8 Å². The highest BCUT2D eigenvalue weighted by atomic mass is 16.7. The van der Waals surface area contributed by atoms with Gasteiger partial charge in [0.25, 0.3) is 0 Å². The quantitative estimate of drug-likeness (QED) is 0.352. The van der Waals surface area contributed by atoms with E-state index in [1.54, 1.807) is 0 Å². The summed E-state index contributed by atoms with van der Waals surface area (Å²) in [5, 5.41) is 0. The van der Waals surface area contributed by atoms with Crippen LogP contribution >= 0.6 is 0 Å². The summed E-state index contributed by atoms with van der Waals surface area (Å²) in [6, 6.07) is 16.7. The third-order valence-corrected chi connectivity index (χ3v) is 4.92. The van der Waals surface area contributed by atoms with Crippen LogP contribution in [0.4, 0.5) is 0 Å². The van der Waals surface area contributed by atoms with Crippen molar-refractivity contribution in [3.63, 3.8) is 0 Å². The Morgan fingerprint density at radius 1 is 0.933 bits per heavy atom. The van der Waals surface area contributed by atoms with Crippen molar-refractivity contribution in [1.82, 2.24) is 0 Å². The van der Waals surface area contributed by atoms with Gasteiger partial charge in [0.15, 0.2) is 6.29 Å². The van der Waals surface area contributed by atoms with Crippen molar-refractivity contribution in [2.45, 2.75) is 39.1 Å². The van der Waals surface area contributed by atoms with E-state index < -0.39 is 0 Å². The molecule has 4 nitrogen and oxygen atoms in total. The number of unbranched alkanes of at least 4 members (excludes halogenated alkanes) is 1. The van der Waals surface area contributed by atoms with Gasteiger partial charge in [0.2, 0.25) is 0 Å². The average molecular weight is 409 g/mol. The normalized spacial score (nSPS) is 19.5. The number of rotatable bonds is 10. The Morgan fingerprint density at radius 3 is 2.30 bits per heavy atom. The van der Waals surface area contributed by atoms with E-state index in [4.69, 9.17) is 18.9 Å². The van der Waals surface area contributed by atoms with Gasteiger partial charge in [-0.25, -0.2) is 0 Å². The molecular weight excluding hydrogens is 376 g/mol. The summed E-state index contributed by atoms with van der Waals surface area (Å²) in [4.78, 5) is 0. The van der Waals surface area contributed by atoms with Crippen LogP contribution in [0.5, 0.6) is 5.75 Å². The first-order valence-corrected chi connectivity index (χ1v) is 10.8. The van der Waals surface area contributed by atoms with Crippen LogP contribution in [0, 0.1) is 0 Å². The summed E-state index contributed by atoms with van der Waals surface area (Å²) in [5.74, 6) is 0.922. The molecule has 0 spiro atoms. The number of allylic oxidation sites excluding steroid dienone is 3. The molecule has 0 amide bonds. The maximum Gasteiger partial charge on any atom is 0.181 e. The minimum atomic E-state index is -0.311. The number of benzene rings is 2. The van der Waals surface area contributed by atoms with Gasteiger partial charge in [0.1, 0.15) is 11.9 Å². The number of hydrogen-bond acceptors (Lipinski definition) is 4. The molecule has 1 heterocycles. The van der Waals surface area contributed by atoms with Crippen LogP contribution < -0.4 is 4.74 Å². The monoisotopic (exact) mass is 408 g/mol. The van der Waals surface area contributed by atoms with Gasteiger partial charge in [-0.1, -0.05) is 74.0 Å². The van der Waals surface area contributed by atoms with Crippen LogP contribution in [0.2, 0.25) is 0 Å². The molecule has 2 atom stereocenters. The Labute approximate surface area is 180 Å². The molecule has 3 rings (SSSR count). The molecule has 1 fully saturated rings. The third kappa shape index (κ3) is 6.84. The number of hydrogen-bond donors (Lipinski definition) is 0. The molecule has 30 heavy (non-hydrogen) atoms. The fourth-order valence-corrected chi connectivity index (χ4v) is 3.15. The second kappa shape index (κ2) is 12.3. The molecule has 2 aromatic rings. The molecule has 160 valence electrons. The minimum Gasteiger partial charge on any atom is -0.494 e. The summed E-state index contributed by atoms with van der Waals surface area (Å²) in [6.45, 7) is 6.36. The molecule has 0 aliphatic carbocycles. The lowest BCUT2D eigenvalue weighted by atomic mass is 10.0. The van der Waals surface area contributed by atoms with Crippen molar-refractivity contribution >= 4 is 0 Å². The molecule has 1 aliphatic heterocycles. The van der Waals surface area contributed by atoms with Crippen molar-refractivity contribution in [3.8, 4) is 16.9 Å². The largest absolute Gasteiger partial charge is 0.494 e. The summed E-state index contributed by atoms with van der Waals surface area (Å²) >= 11 is 0. The highest BCUT2D eigenvalue weighted by molar-refractivity contribution is 5.64. The van der Waals surface area contributed by atoms with Crippen LogP contribution in [0.25, 0.3) is 11.1 Å². The lowest BCUT2D eigenvalue weighted by molar-refractivity contribution is -0.232. The standard InChI is InChI=1S/C26H32O4/c1-3-5-7-8-18-28-26-20-29-25(19-30-26)23-11-9-21(10-12-23)22-13-15-24(16-14-22)27-17-6-4-2/h3,5,7-16,25-26H,4,6,17-20H2,1-2H3/b5-3+,8-7+/t25-,26+/m1/s1. The van der Waals surface area contributed by atoms with Crippen LogP contribution in [-0.4, -0.2) is 32.7 Å². The minimum absolute atomic E-state index is 0.0631. The van der Waals surface area contributed by atoms with Gasteiger partial charge in [-0.05, 0) is 42.2 Å². The fourth-order valence-electron chi connectivity index (χ4n) is 3.15. The van der Waals surface area contributed by atoms with Crippen molar-refractivity contribution in [2.24, 2.45) is 0 Å². The number of ether oxygens (including phenoxy) is 4. The first kappa shape index (κ1) is 22.3. The Morgan fingerprint density at radius 2 is 1.67 bits per heavy atom. The van der Waals surface area contributed by atoms with E-state index in [9.17, 15) is 0 Å². The molecule has 0 bridgehead atoms. The topological polar surface area (TPSA) is 36.9 Å². The molecule has 1 saturated heterocycles. The first-order chi connectivity index (χ1) is 14.8. The van der Waals surface area contributed by atoms with E-state index in [2.05, 4.69) is 43.3 Å². The predicted octanol–water partition coefficient (Wildman–Crippen LogP) is 6.10. The van der Waals surface area contributed by atoms with Gasteiger partial charge in [-0.3, -0.25) is 0 Å². The fraction of sp³-hybridized carbons (Fsp3) is 0.385. The summed E-state index contributed by atoms with van der Waals surface area (Å²) in [5.41, 5.74) is 3.46. The zero-order valence-corrected chi connectivity index (χ0v) is 18.0. The zero-order chi connectivity index (χ0) is 21.0. The Bertz CT molecular complexity index is 785. The molecule has 0 N–H and O–H groups in total. The third-order valence-electron chi connectivity index (χ3n) is 4.92. The lowest BCUT2D eigenvalue weighted by Gasteiger charge is -2.29. The Kier molecular flexibility index (Phi) is 9.16. The second-order valence-electron chi connectivity index (χ2n) is 7.22. The smallest absolute Gasteiger partial charge is 0.181 e. The lowest BCUT2D eigenvalue weighted by Crippen LogP contribution is -2.33. The van der Waals surface area contributed by atoms with Crippen molar-refractivity contribution in [1.29, 1.82) is 0 Å². The highest BCUT2D eigenvalue weighted by Crippen LogP contribution is 2.27. The molecule has 0 radical (unpaired) electrons. The van der Waals surface area contributed by atoms with Crippen LogP contribution in [0.3, 0.4) is 0 Å². The molecule has 1 aliphatic rings. The molecule has 2 aromatic carbocycles.